The molecule has 196 valence electrons. The number of benzene rings is 3. The van der Waals surface area contributed by atoms with Crippen molar-refractivity contribution in [2.24, 2.45) is 5.73 Å². The summed E-state index contributed by atoms with van der Waals surface area (Å²) in [6.07, 6.45) is 5.65. The third kappa shape index (κ3) is 7.18. The van der Waals surface area contributed by atoms with Gasteiger partial charge < -0.3 is 20.3 Å². The monoisotopic (exact) mass is 505 g/mol. The highest BCUT2D eigenvalue weighted by Crippen LogP contribution is 2.31. The van der Waals surface area contributed by atoms with Gasteiger partial charge in [0.25, 0.3) is 0 Å². The van der Waals surface area contributed by atoms with E-state index in [9.17, 15) is 9.90 Å². The summed E-state index contributed by atoms with van der Waals surface area (Å²) in [7, 11) is 0. The van der Waals surface area contributed by atoms with Gasteiger partial charge in [-0.2, -0.15) is 0 Å². The highest BCUT2D eigenvalue weighted by Gasteiger charge is 2.18. The Hall–Kier alpha value is -3.22. The van der Waals surface area contributed by atoms with Crippen LogP contribution in [0.25, 0.3) is 11.1 Å². The van der Waals surface area contributed by atoms with E-state index in [4.69, 9.17) is 15.2 Å². The predicted molar refractivity (Wildman–Crippen MR) is 143 cm³/mol. The second-order valence-corrected chi connectivity index (χ2v) is 9.78. The second-order valence-electron chi connectivity index (χ2n) is 9.78. The first-order chi connectivity index (χ1) is 17.9. The quantitative estimate of drug-likeness (QED) is 0.289. The van der Waals surface area contributed by atoms with E-state index < -0.39 is 5.97 Å². The standard InChI is InChI=1S/C31H36FNO4/c1-2-7-28(33)27-11-5-10-26(31(27)32)24-17-21(13-14-25-9-6-15-36-25)16-22(18-24)20-37-29-12-4-3-8-23(29)19-30(34)35/h3-5,8,10-12,16-18,25,28H,2,6-7,9,13-15,19-20,33H2,1H3,(H,34,35)/t25-,28+/m0/s1. The summed E-state index contributed by atoms with van der Waals surface area (Å²) in [5.74, 6) is -0.653. The van der Waals surface area contributed by atoms with Crippen LogP contribution in [0.2, 0.25) is 0 Å². The van der Waals surface area contributed by atoms with Crippen molar-refractivity contribution in [1.29, 1.82) is 0 Å². The highest BCUT2D eigenvalue weighted by atomic mass is 19.1. The lowest BCUT2D eigenvalue weighted by Gasteiger charge is -2.17. The maximum Gasteiger partial charge on any atom is 0.307 e. The number of carboxylic acid groups (broad SMARTS) is 1. The van der Waals surface area contributed by atoms with Gasteiger partial charge in [0.1, 0.15) is 18.2 Å². The third-order valence-corrected chi connectivity index (χ3v) is 6.88. The summed E-state index contributed by atoms with van der Waals surface area (Å²) in [5, 5.41) is 9.24. The summed E-state index contributed by atoms with van der Waals surface area (Å²) in [4.78, 5) is 11.3. The number of para-hydroxylation sites is 1. The van der Waals surface area contributed by atoms with E-state index in [2.05, 4.69) is 6.07 Å². The zero-order valence-corrected chi connectivity index (χ0v) is 21.4. The minimum Gasteiger partial charge on any atom is -0.489 e. The fourth-order valence-corrected chi connectivity index (χ4v) is 4.99. The predicted octanol–water partition coefficient (Wildman–Crippen LogP) is 6.61. The van der Waals surface area contributed by atoms with E-state index in [0.717, 1.165) is 61.8 Å². The van der Waals surface area contributed by atoms with Crippen LogP contribution in [-0.4, -0.2) is 23.8 Å². The molecule has 0 bridgehead atoms. The van der Waals surface area contributed by atoms with E-state index in [-0.39, 0.29) is 31.0 Å². The first-order valence-corrected chi connectivity index (χ1v) is 13.2. The van der Waals surface area contributed by atoms with Gasteiger partial charge in [0.2, 0.25) is 0 Å². The maximum atomic E-state index is 15.7. The number of aliphatic carboxylic acids is 1. The fourth-order valence-electron chi connectivity index (χ4n) is 4.99. The minimum absolute atomic E-state index is 0.112. The van der Waals surface area contributed by atoms with Gasteiger partial charge in [-0.05, 0) is 60.9 Å². The summed E-state index contributed by atoms with van der Waals surface area (Å²) in [6, 6.07) is 18.3. The van der Waals surface area contributed by atoms with Gasteiger partial charge in [0.15, 0.2) is 0 Å². The smallest absolute Gasteiger partial charge is 0.307 e. The van der Waals surface area contributed by atoms with Crippen molar-refractivity contribution < 1.29 is 23.8 Å². The van der Waals surface area contributed by atoms with Crippen molar-refractivity contribution in [2.75, 3.05) is 6.61 Å². The Morgan fingerprint density at radius 3 is 2.73 bits per heavy atom. The van der Waals surface area contributed by atoms with Crippen molar-refractivity contribution >= 4 is 5.97 Å². The number of hydrogen-bond acceptors (Lipinski definition) is 4. The van der Waals surface area contributed by atoms with Crippen molar-refractivity contribution in [1.82, 2.24) is 0 Å². The van der Waals surface area contributed by atoms with Crippen molar-refractivity contribution in [3.63, 3.8) is 0 Å². The lowest BCUT2D eigenvalue weighted by molar-refractivity contribution is -0.136. The highest BCUT2D eigenvalue weighted by molar-refractivity contribution is 5.71. The first-order valence-electron chi connectivity index (χ1n) is 13.2. The fraction of sp³-hybridized carbons (Fsp3) is 0.387. The molecule has 6 heteroatoms. The summed E-state index contributed by atoms with van der Waals surface area (Å²) in [5.41, 5.74) is 10.7. The van der Waals surface area contributed by atoms with E-state index in [1.165, 1.54) is 0 Å². The van der Waals surface area contributed by atoms with E-state index in [0.29, 0.717) is 22.4 Å². The van der Waals surface area contributed by atoms with Gasteiger partial charge in [0, 0.05) is 29.3 Å². The van der Waals surface area contributed by atoms with E-state index in [1.54, 1.807) is 30.3 Å². The second kappa shape index (κ2) is 12.8. The normalized spacial score (nSPS) is 16.0. The molecule has 3 aromatic carbocycles. The Morgan fingerprint density at radius 1 is 1.16 bits per heavy atom. The molecule has 0 spiro atoms. The lowest BCUT2D eigenvalue weighted by Crippen LogP contribution is -2.12. The topological polar surface area (TPSA) is 81.8 Å². The summed E-state index contributed by atoms with van der Waals surface area (Å²) in [6.45, 7) is 3.10. The molecule has 3 aromatic rings. The molecular weight excluding hydrogens is 469 g/mol. The van der Waals surface area contributed by atoms with Gasteiger partial charge >= 0.3 is 5.97 Å². The molecule has 0 aliphatic carbocycles. The van der Waals surface area contributed by atoms with Gasteiger partial charge in [-0.1, -0.05) is 61.9 Å². The molecule has 5 nitrogen and oxygen atoms in total. The average Bonchev–Trinajstić information content (AvgIpc) is 3.41. The van der Waals surface area contributed by atoms with Crippen LogP contribution in [0.15, 0.2) is 60.7 Å². The van der Waals surface area contributed by atoms with Gasteiger partial charge in [-0.3, -0.25) is 4.79 Å². The average molecular weight is 506 g/mol. The van der Waals surface area contributed by atoms with Crippen molar-refractivity contribution in [3.05, 3.63) is 88.7 Å². The van der Waals surface area contributed by atoms with Gasteiger partial charge in [-0.15, -0.1) is 0 Å². The molecule has 3 N–H and O–H groups in total. The van der Waals surface area contributed by atoms with Crippen LogP contribution in [0, 0.1) is 5.82 Å². The Kier molecular flexibility index (Phi) is 9.31. The lowest BCUT2D eigenvalue weighted by atomic mass is 9.93. The van der Waals surface area contributed by atoms with Crippen LogP contribution in [0.4, 0.5) is 4.39 Å². The molecule has 1 aliphatic rings. The molecular formula is C31H36FNO4. The molecule has 0 aromatic heterocycles. The number of ether oxygens (including phenoxy) is 2. The number of carboxylic acids is 1. The molecule has 1 saturated heterocycles. The van der Waals surface area contributed by atoms with Crippen molar-refractivity contribution in [2.45, 2.75) is 70.6 Å². The summed E-state index contributed by atoms with van der Waals surface area (Å²) >= 11 is 0. The Morgan fingerprint density at radius 2 is 1.97 bits per heavy atom. The molecule has 4 rings (SSSR count). The number of aryl methyl sites for hydroxylation is 1. The molecule has 0 radical (unpaired) electrons. The number of nitrogens with two attached hydrogens (primary N) is 1. The Balaban J connectivity index is 1.63. The van der Waals surface area contributed by atoms with E-state index in [1.807, 2.05) is 31.2 Å². The number of carbonyl (C=O) groups is 1. The maximum absolute atomic E-state index is 15.7. The van der Waals surface area contributed by atoms with E-state index >= 15 is 4.39 Å². The van der Waals surface area contributed by atoms with Crippen molar-refractivity contribution in [3.8, 4) is 16.9 Å². The minimum atomic E-state index is -0.911. The molecule has 0 unspecified atom stereocenters. The number of hydrogen-bond donors (Lipinski definition) is 2. The Labute approximate surface area is 218 Å². The molecule has 0 amide bonds. The molecule has 1 fully saturated rings. The molecule has 37 heavy (non-hydrogen) atoms. The van der Waals surface area contributed by atoms with Gasteiger partial charge in [-0.25, -0.2) is 4.39 Å². The third-order valence-electron chi connectivity index (χ3n) is 6.88. The van der Waals surface area contributed by atoms with Crippen LogP contribution >= 0.6 is 0 Å². The SMILES string of the molecule is CCC[C@@H](N)c1cccc(-c2cc(CC[C@@H]3CCCO3)cc(COc3ccccc3CC(=O)O)c2)c1F. The van der Waals surface area contributed by atoms with Crippen LogP contribution in [0.1, 0.15) is 67.3 Å². The number of rotatable bonds is 12. The zero-order valence-electron chi connectivity index (χ0n) is 21.4. The number of halogens is 1. The Bertz CT molecular complexity index is 1210. The molecule has 1 aliphatic heterocycles. The van der Waals surface area contributed by atoms with Crippen LogP contribution in [0.3, 0.4) is 0 Å². The summed E-state index contributed by atoms with van der Waals surface area (Å²) < 4.78 is 27.5. The molecule has 0 saturated carbocycles. The van der Waals surface area contributed by atoms with Crippen LogP contribution in [-0.2, 0) is 29.0 Å². The van der Waals surface area contributed by atoms with Crippen LogP contribution in [0.5, 0.6) is 5.75 Å². The first kappa shape index (κ1) is 26.8. The largest absolute Gasteiger partial charge is 0.489 e. The van der Waals surface area contributed by atoms with Crippen LogP contribution < -0.4 is 10.5 Å². The zero-order chi connectivity index (χ0) is 26.2. The van der Waals surface area contributed by atoms with Gasteiger partial charge in [0.05, 0.1) is 12.5 Å². The molecule has 2 atom stereocenters. The molecule has 1 heterocycles.